The van der Waals surface area contributed by atoms with E-state index in [0.717, 1.165) is 18.4 Å². The van der Waals surface area contributed by atoms with Crippen molar-refractivity contribution in [2.75, 3.05) is 33.2 Å². The third-order valence-electron chi connectivity index (χ3n) is 2.74. The Kier molecular flexibility index (Phi) is 7.65. The zero-order chi connectivity index (χ0) is 14.8. The molecule has 6 heteroatoms. The molecule has 0 aromatic heterocycles. The van der Waals surface area contributed by atoms with Gasteiger partial charge in [0.05, 0.1) is 14.2 Å². The van der Waals surface area contributed by atoms with E-state index in [4.69, 9.17) is 21.1 Å². The standard InChI is InChI=1S/C14H21ClN2O3/c1-19-12-5-4-11(10-13(12)20-2)6-9-17-14(18)16-8-3-7-15/h4-5,10H,3,6-9H2,1-2H3,(H2,16,17,18). The molecule has 0 aliphatic rings. The maximum atomic E-state index is 11.4. The second-order valence-electron chi connectivity index (χ2n) is 4.16. The lowest BCUT2D eigenvalue weighted by molar-refractivity contribution is 0.241. The van der Waals surface area contributed by atoms with Crippen molar-refractivity contribution in [1.82, 2.24) is 10.6 Å². The third-order valence-corrected chi connectivity index (χ3v) is 3.01. The molecular formula is C14H21ClN2O3. The van der Waals surface area contributed by atoms with Gasteiger partial charge in [0.15, 0.2) is 11.5 Å². The second-order valence-corrected chi connectivity index (χ2v) is 4.54. The van der Waals surface area contributed by atoms with Crippen LogP contribution in [-0.4, -0.2) is 39.2 Å². The Morgan fingerprint density at radius 2 is 1.85 bits per heavy atom. The van der Waals surface area contributed by atoms with Crippen molar-refractivity contribution < 1.29 is 14.3 Å². The van der Waals surface area contributed by atoms with E-state index in [0.29, 0.717) is 30.5 Å². The average molecular weight is 301 g/mol. The van der Waals surface area contributed by atoms with Gasteiger partial charge in [0.2, 0.25) is 0 Å². The van der Waals surface area contributed by atoms with Gasteiger partial charge in [0.1, 0.15) is 0 Å². The molecule has 0 heterocycles. The van der Waals surface area contributed by atoms with Crippen LogP contribution < -0.4 is 20.1 Å². The maximum Gasteiger partial charge on any atom is 0.314 e. The molecule has 0 bridgehead atoms. The molecule has 0 aliphatic heterocycles. The lowest BCUT2D eigenvalue weighted by atomic mass is 10.1. The Labute approximate surface area is 124 Å². The van der Waals surface area contributed by atoms with Crippen LogP contribution in [0.4, 0.5) is 4.79 Å². The molecule has 0 saturated heterocycles. The van der Waals surface area contributed by atoms with Crippen LogP contribution in [-0.2, 0) is 6.42 Å². The predicted molar refractivity (Wildman–Crippen MR) is 80.0 cm³/mol. The fourth-order valence-corrected chi connectivity index (χ4v) is 1.82. The average Bonchev–Trinajstić information content (AvgIpc) is 2.47. The Hall–Kier alpha value is -1.62. The highest BCUT2D eigenvalue weighted by atomic mass is 35.5. The minimum atomic E-state index is -0.171. The number of carbonyl (C=O) groups is 1. The molecule has 0 aliphatic carbocycles. The van der Waals surface area contributed by atoms with Crippen molar-refractivity contribution in [3.63, 3.8) is 0 Å². The molecule has 2 N–H and O–H groups in total. The summed E-state index contributed by atoms with van der Waals surface area (Å²) in [5, 5.41) is 5.52. The van der Waals surface area contributed by atoms with Crippen molar-refractivity contribution in [1.29, 1.82) is 0 Å². The number of carbonyl (C=O) groups excluding carboxylic acids is 1. The summed E-state index contributed by atoms with van der Waals surface area (Å²) in [5.74, 6) is 1.94. The summed E-state index contributed by atoms with van der Waals surface area (Å²) in [6.07, 6.45) is 1.49. The second kappa shape index (κ2) is 9.31. The molecule has 2 amide bonds. The van der Waals surface area contributed by atoms with Gasteiger partial charge >= 0.3 is 6.03 Å². The molecule has 0 atom stereocenters. The molecule has 5 nitrogen and oxygen atoms in total. The zero-order valence-corrected chi connectivity index (χ0v) is 12.6. The first-order valence-corrected chi connectivity index (χ1v) is 7.03. The molecule has 1 rings (SSSR count). The molecular weight excluding hydrogens is 280 g/mol. The summed E-state index contributed by atoms with van der Waals surface area (Å²) >= 11 is 5.53. The van der Waals surface area contributed by atoms with E-state index in [9.17, 15) is 4.79 Å². The topological polar surface area (TPSA) is 59.6 Å². The SMILES string of the molecule is COc1ccc(CCNC(=O)NCCCCl)cc1OC. The largest absolute Gasteiger partial charge is 0.493 e. The summed E-state index contributed by atoms with van der Waals surface area (Å²) in [4.78, 5) is 11.4. The van der Waals surface area contributed by atoms with Crippen LogP contribution in [0.25, 0.3) is 0 Å². The number of rotatable bonds is 8. The van der Waals surface area contributed by atoms with Crippen molar-refractivity contribution in [2.24, 2.45) is 0 Å². The summed E-state index contributed by atoms with van der Waals surface area (Å²) in [6.45, 7) is 1.15. The minimum Gasteiger partial charge on any atom is -0.493 e. The van der Waals surface area contributed by atoms with Gasteiger partial charge in [0.25, 0.3) is 0 Å². The van der Waals surface area contributed by atoms with E-state index in [1.807, 2.05) is 18.2 Å². The zero-order valence-electron chi connectivity index (χ0n) is 11.9. The van der Waals surface area contributed by atoms with E-state index in [1.54, 1.807) is 14.2 Å². The number of nitrogens with one attached hydrogen (secondary N) is 2. The lowest BCUT2D eigenvalue weighted by Crippen LogP contribution is -2.37. The van der Waals surface area contributed by atoms with Crippen LogP contribution in [0.1, 0.15) is 12.0 Å². The number of urea groups is 1. The van der Waals surface area contributed by atoms with Gasteiger partial charge in [-0.1, -0.05) is 6.07 Å². The number of hydrogen-bond acceptors (Lipinski definition) is 3. The number of amides is 2. The Balaban J connectivity index is 2.36. The van der Waals surface area contributed by atoms with Gasteiger partial charge in [0, 0.05) is 19.0 Å². The van der Waals surface area contributed by atoms with Gasteiger partial charge in [-0.3, -0.25) is 0 Å². The molecule has 1 aromatic carbocycles. The molecule has 0 spiro atoms. The first-order chi connectivity index (χ1) is 9.71. The number of methoxy groups -OCH3 is 2. The summed E-state index contributed by atoms with van der Waals surface area (Å²) in [5.41, 5.74) is 1.07. The molecule has 20 heavy (non-hydrogen) atoms. The minimum absolute atomic E-state index is 0.171. The smallest absolute Gasteiger partial charge is 0.314 e. The van der Waals surface area contributed by atoms with Crippen LogP contribution in [0.5, 0.6) is 11.5 Å². The first kappa shape index (κ1) is 16.4. The quantitative estimate of drug-likeness (QED) is 0.571. The van der Waals surface area contributed by atoms with Gasteiger partial charge in [-0.2, -0.15) is 0 Å². The van der Waals surface area contributed by atoms with Gasteiger partial charge in [-0.15, -0.1) is 11.6 Å². The van der Waals surface area contributed by atoms with Gasteiger partial charge in [-0.25, -0.2) is 4.79 Å². The number of alkyl halides is 1. The van der Waals surface area contributed by atoms with Gasteiger partial charge in [-0.05, 0) is 30.5 Å². The molecule has 0 unspecified atom stereocenters. The third kappa shape index (κ3) is 5.57. The fraction of sp³-hybridized carbons (Fsp3) is 0.500. The van der Waals surface area contributed by atoms with Crippen molar-refractivity contribution in [3.05, 3.63) is 23.8 Å². The summed E-state index contributed by atoms with van der Waals surface area (Å²) < 4.78 is 10.4. The van der Waals surface area contributed by atoms with Crippen molar-refractivity contribution >= 4 is 17.6 Å². The summed E-state index contributed by atoms with van der Waals surface area (Å²) in [6, 6.07) is 5.55. The van der Waals surface area contributed by atoms with E-state index in [-0.39, 0.29) is 6.03 Å². The molecule has 112 valence electrons. The molecule has 0 radical (unpaired) electrons. The summed E-state index contributed by atoms with van der Waals surface area (Å²) in [7, 11) is 3.20. The maximum absolute atomic E-state index is 11.4. The molecule has 1 aromatic rings. The monoisotopic (exact) mass is 300 g/mol. The molecule has 0 saturated carbocycles. The van der Waals surface area contributed by atoms with E-state index in [1.165, 1.54) is 0 Å². The highest BCUT2D eigenvalue weighted by Gasteiger charge is 2.05. The first-order valence-electron chi connectivity index (χ1n) is 6.49. The van der Waals surface area contributed by atoms with Gasteiger partial charge < -0.3 is 20.1 Å². The lowest BCUT2D eigenvalue weighted by Gasteiger charge is -2.10. The van der Waals surface area contributed by atoms with Crippen molar-refractivity contribution in [3.8, 4) is 11.5 Å². The van der Waals surface area contributed by atoms with Crippen LogP contribution >= 0.6 is 11.6 Å². The Morgan fingerprint density at radius 1 is 1.15 bits per heavy atom. The fourth-order valence-electron chi connectivity index (χ4n) is 1.69. The number of ether oxygens (including phenoxy) is 2. The number of benzene rings is 1. The molecule has 0 fully saturated rings. The van der Waals surface area contributed by atoms with E-state index < -0.39 is 0 Å². The predicted octanol–water partition coefficient (Wildman–Crippen LogP) is 2.17. The number of halogens is 1. The highest BCUT2D eigenvalue weighted by molar-refractivity contribution is 6.17. The highest BCUT2D eigenvalue weighted by Crippen LogP contribution is 2.27. The Morgan fingerprint density at radius 3 is 2.50 bits per heavy atom. The van der Waals surface area contributed by atoms with Crippen LogP contribution in [0.2, 0.25) is 0 Å². The van der Waals surface area contributed by atoms with Crippen molar-refractivity contribution in [2.45, 2.75) is 12.8 Å². The van der Waals surface area contributed by atoms with E-state index in [2.05, 4.69) is 10.6 Å². The normalized spacial score (nSPS) is 9.95. The van der Waals surface area contributed by atoms with Crippen LogP contribution in [0, 0.1) is 0 Å². The van der Waals surface area contributed by atoms with Crippen LogP contribution in [0.15, 0.2) is 18.2 Å². The Bertz CT molecular complexity index is 427. The number of hydrogen-bond donors (Lipinski definition) is 2. The van der Waals surface area contributed by atoms with Crippen LogP contribution in [0.3, 0.4) is 0 Å². The van der Waals surface area contributed by atoms with E-state index >= 15 is 0 Å².